The van der Waals surface area contributed by atoms with E-state index in [1.807, 2.05) is 24.3 Å². The van der Waals surface area contributed by atoms with Gasteiger partial charge in [0.25, 0.3) is 0 Å². The van der Waals surface area contributed by atoms with Crippen molar-refractivity contribution in [2.45, 2.75) is 39.0 Å². The maximum Gasteiger partial charge on any atom is 0.307 e. The van der Waals surface area contributed by atoms with Gasteiger partial charge in [-0.05, 0) is 44.3 Å². The van der Waals surface area contributed by atoms with E-state index >= 15 is 0 Å². The van der Waals surface area contributed by atoms with Gasteiger partial charge in [0.2, 0.25) is 8.32 Å². The molecule has 1 aromatic carbocycles. The number of hydrogen-bond acceptors (Lipinski definition) is 4. The Balaban J connectivity index is 0.00000361. The second-order valence-corrected chi connectivity index (χ2v) is 9.83. The van der Waals surface area contributed by atoms with E-state index in [0.29, 0.717) is 6.61 Å². The number of benzene rings is 1. The normalized spacial score (nSPS) is 12.2. The van der Waals surface area contributed by atoms with E-state index in [1.165, 1.54) is 0 Å². The third-order valence-corrected chi connectivity index (χ3v) is 3.27. The summed E-state index contributed by atoms with van der Waals surface area (Å²) >= 11 is 0. The Morgan fingerprint density at radius 3 is 2.25 bits per heavy atom. The van der Waals surface area contributed by atoms with Crippen molar-refractivity contribution in [3.05, 3.63) is 29.8 Å². The van der Waals surface area contributed by atoms with Gasteiger partial charge >= 0.3 is 5.97 Å². The monoisotopic (exact) mass is 317 g/mol. The molecular formula is C14H24ClNO3Si. The number of ether oxygens (including phenoxy) is 1. The van der Waals surface area contributed by atoms with Crippen molar-refractivity contribution in [2.75, 3.05) is 6.61 Å². The molecule has 0 saturated carbocycles. The first-order chi connectivity index (χ1) is 8.81. The summed E-state index contributed by atoms with van der Waals surface area (Å²) < 4.78 is 10.7. The van der Waals surface area contributed by atoms with E-state index in [4.69, 9.17) is 14.9 Å². The zero-order chi connectivity index (χ0) is 14.5. The molecule has 2 N–H and O–H groups in total. The molecule has 0 radical (unpaired) electrons. The average Bonchev–Trinajstić information content (AvgIpc) is 2.27. The molecule has 0 aliphatic rings. The molecule has 0 amide bonds. The smallest absolute Gasteiger partial charge is 0.307 e. The highest BCUT2D eigenvalue weighted by Gasteiger charge is 2.17. The summed E-state index contributed by atoms with van der Waals surface area (Å²) in [5, 5.41) is 0. The largest absolute Gasteiger partial charge is 0.544 e. The fourth-order valence-electron chi connectivity index (χ4n) is 1.65. The van der Waals surface area contributed by atoms with Crippen LogP contribution in [-0.2, 0) is 9.53 Å². The van der Waals surface area contributed by atoms with Gasteiger partial charge in [-0.1, -0.05) is 12.1 Å². The molecular weight excluding hydrogens is 294 g/mol. The zero-order valence-electron chi connectivity index (χ0n) is 12.5. The van der Waals surface area contributed by atoms with E-state index in [0.717, 1.165) is 11.3 Å². The van der Waals surface area contributed by atoms with Crippen LogP contribution in [0.3, 0.4) is 0 Å². The van der Waals surface area contributed by atoms with Crippen LogP contribution in [0.4, 0.5) is 0 Å². The highest BCUT2D eigenvalue weighted by Crippen LogP contribution is 2.21. The average molecular weight is 318 g/mol. The SMILES string of the molecule is CCOC(=O)C[C@@H](N)c1ccc(O[Si](C)(C)C)cc1.Cl. The van der Waals surface area contributed by atoms with Gasteiger partial charge in [-0.25, -0.2) is 0 Å². The Kier molecular flexibility index (Phi) is 7.86. The van der Waals surface area contributed by atoms with Crippen molar-refractivity contribution in [2.24, 2.45) is 5.73 Å². The first-order valence-electron chi connectivity index (χ1n) is 6.52. The van der Waals surface area contributed by atoms with Crippen LogP contribution in [0.5, 0.6) is 5.75 Å². The second-order valence-electron chi connectivity index (χ2n) is 5.40. The number of rotatable bonds is 6. The fraction of sp³-hybridized carbons (Fsp3) is 0.500. The molecule has 114 valence electrons. The first kappa shape index (κ1) is 19.0. The molecule has 0 aliphatic heterocycles. The minimum absolute atomic E-state index is 0. The molecule has 0 aromatic heterocycles. The summed E-state index contributed by atoms with van der Waals surface area (Å²) in [4.78, 5) is 11.4. The number of hydrogen-bond donors (Lipinski definition) is 1. The van der Waals surface area contributed by atoms with Gasteiger partial charge in [0.15, 0.2) is 0 Å². The number of esters is 1. The van der Waals surface area contributed by atoms with E-state index in [1.54, 1.807) is 6.92 Å². The van der Waals surface area contributed by atoms with E-state index < -0.39 is 8.32 Å². The third-order valence-electron chi connectivity index (χ3n) is 2.42. The summed E-state index contributed by atoms with van der Waals surface area (Å²) in [6, 6.07) is 7.27. The summed E-state index contributed by atoms with van der Waals surface area (Å²) in [5.74, 6) is 0.587. The lowest BCUT2D eigenvalue weighted by Gasteiger charge is -2.19. The van der Waals surface area contributed by atoms with Crippen LogP contribution in [0.2, 0.25) is 19.6 Å². The Hall–Kier alpha value is -1.04. The standard InChI is InChI=1S/C14H23NO3Si.ClH/c1-5-17-14(16)10-13(15)11-6-8-12(9-7-11)18-19(2,3)4;/h6-9,13H,5,10,15H2,1-4H3;1H/t13-;/m1./s1. The maximum absolute atomic E-state index is 11.4. The maximum atomic E-state index is 11.4. The fourth-order valence-corrected chi connectivity index (χ4v) is 2.50. The van der Waals surface area contributed by atoms with E-state index in [-0.39, 0.29) is 30.8 Å². The Labute approximate surface area is 128 Å². The molecule has 0 spiro atoms. The predicted octanol–water partition coefficient (Wildman–Crippen LogP) is 3.28. The van der Waals surface area contributed by atoms with Crippen LogP contribution in [0.15, 0.2) is 24.3 Å². The van der Waals surface area contributed by atoms with Crippen molar-refractivity contribution < 1.29 is 14.0 Å². The lowest BCUT2D eigenvalue weighted by Crippen LogP contribution is -2.29. The van der Waals surface area contributed by atoms with Crippen molar-refractivity contribution in [3.8, 4) is 5.75 Å². The Morgan fingerprint density at radius 1 is 1.25 bits per heavy atom. The second kappa shape index (κ2) is 8.29. The summed E-state index contributed by atoms with van der Waals surface area (Å²) in [7, 11) is -1.58. The number of carbonyl (C=O) groups excluding carboxylic acids is 1. The van der Waals surface area contributed by atoms with Gasteiger partial charge < -0.3 is 14.9 Å². The van der Waals surface area contributed by atoms with Crippen molar-refractivity contribution in [3.63, 3.8) is 0 Å². The highest BCUT2D eigenvalue weighted by molar-refractivity contribution is 6.70. The quantitative estimate of drug-likeness (QED) is 0.646. The van der Waals surface area contributed by atoms with Gasteiger partial charge in [-0.15, -0.1) is 12.4 Å². The van der Waals surface area contributed by atoms with Gasteiger partial charge in [-0.2, -0.15) is 0 Å². The molecule has 20 heavy (non-hydrogen) atoms. The van der Waals surface area contributed by atoms with Crippen molar-refractivity contribution in [1.29, 1.82) is 0 Å². The van der Waals surface area contributed by atoms with Gasteiger partial charge in [0.1, 0.15) is 5.75 Å². The van der Waals surface area contributed by atoms with Gasteiger partial charge in [0.05, 0.1) is 13.0 Å². The van der Waals surface area contributed by atoms with Crippen LogP contribution >= 0.6 is 12.4 Å². The molecule has 1 rings (SSSR count). The molecule has 0 aliphatic carbocycles. The summed E-state index contributed by atoms with van der Waals surface area (Å²) in [6.45, 7) is 8.56. The highest BCUT2D eigenvalue weighted by atomic mass is 35.5. The number of carbonyl (C=O) groups is 1. The minimum atomic E-state index is -1.58. The predicted molar refractivity (Wildman–Crippen MR) is 85.8 cm³/mol. The van der Waals surface area contributed by atoms with Crippen LogP contribution in [0, 0.1) is 0 Å². The molecule has 6 heteroatoms. The molecule has 0 saturated heterocycles. The first-order valence-corrected chi connectivity index (χ1v) is 9.93. The van der Waals surface area contributed by atoms with Crippen LogP contribution in [-0.4, -0.2) is 20.9 Å². The molecule has 1 atom stereocenters. The van der Waals surface area contributed by atoms with Gasteiger partial charge in [-0.3, -0.25) is 4.79 Å². The molecule has 0 unspecified atom stereocenters. The van der Waals surface area contributed by atoms with Crippen molar-refractivity contribution in [1.82, 2.24) is 0 Å². The third kappa shape index (κ3) is 6.93. The zero-order valence-corrected chi connectivity index (χ0v) is 14.3. The molecule has 1 aromatic rings. The molecule has 0 heterocycles. The topological polar surface area (TPSA) is 61.5 Å². The number of halogens is 1. The molecule has 4 nitrogen and oxygen atoms in total. The minimum Gasteiger partial charge on any atom is -0.544 e. The van der Waals surface area contributed by atoms with Crippen molar-refractivity contribution >= 4 is 26.7 Å². The lowest BCUT2D eigenvalue weighted by atomic mass is 10.0. The Bertz CT molecular complexity index is 417. The summed E-state index contributed by atoms with van der Waals surface area (Å²) in [6.07, 6.45) is 0.196. The van der Waals surface area contributed by atoms with Gasteiger partial charge in [0, 0.05) is 6.04 Å². The lowest BCUT2D eigenvalue weighted by molar-refractivity contribution is -0.143. The van der Waals surface area contributed by atoms with E-state index in [9.17, 15) is 4.79 Å². The molecule has 0 fully saturated rings. The number of nitrogens with two attached hydrogens (primary N) is 1. The van der Waals surface area contributed by atoms with Crippen LogP contribution in [0.1, 0.15) is 24.9 Å². The van der Waals surface area contributed by atoms with Crippen LogP contribution in [0.25, 0.3) is 0 Å². The molecule has 0 bridgehead atoms. The Morgan fingerprint density at radius 2 is 1.80 bits per heavy atom. The van der Waals surface area contributed by atoms with Crippen LogP contribution < -0.4 is 10.2 Å². The summed E-state index contributed by atoms with van der Waals surface area (Å²) in [5.41, 5.74) is 6.88. The van der Waals surface area contributed by atoms with E-state index in [2.05, 4.69) is 19.6 Å².